The molecule has 0 aliphatic rings. The molecule has 0 amide bonds. The number of ether oxygens (including phenoxy) is 1. The summed E-state index contributed by atoms with van der Waals surface area (Å²) in [6.07, 6.45) is 2.87. The minimum absolute atomic E-state index is 0.234. The van der Waals surface area contributed by atoms with Crippen molar-refractivity contribution >= 4 is 28.6 Å². The molecule has 0 saturated carbocycles. The molecule has 84 valence electrons. The molecule has 0 aromatic carbocycles. The van der Waals surface area contributed by atoms with Gasteiger partial charge in [0, 0.05) is 6.20 Å². The Morgan fingerprint density at radius 1 is 1.75 bits per heavy atom. The van der Waals surface area contributed by atoms with Crippen molar-refractivity contribution in [1.82, 2.24) is 9.97 Å². The first-order valence-electron chi connectivity index (χ1n) is 4.60. The minimum Gasteiger partial charge on any atom is -0.465 e. The molecule has 0 spiro atoms. The molecule has 0 radical (unpaired) electrons. The molecule has 0 aliphatic heterocycles. The van der Waals surface area contributed by atoms with Gasteiger partial charge in [-0.2, -0.15) is 5.26 Å². The number of rotatable bonds is 3. The van der Waals surface area contributed by atoms with Gasteiger partial charge in [0.2, 0.25) is 0 Å². The number of nitrogens with zero attached hydrogens (tertiary/aromatic N) is 3. The Morgan fingerprint density at radius 3 is 2.94 bits per heavy atom. The Hall–Kier alpha value is -1.23. The summed E-state index contributed by atoms with van der Waals surface area (Å²) in [6.45, 7) is 3.42. The number of carbonyl (C=O) groups excluding carboxylic acids is 1. The highest BCUT2D eigenvalue weighted by atomic mass is 127. The topological polar surface area (TPSA) is 75.9 Å². The van der Waals surface area contributed by atoms with Crippen molar-refractivity contribution in [3.05, 3.63) is 21.8 Å². The zero-order chi connectivity index (χ0) is 12.2. The third-order valence-electron chi connectivity index (χ3n) is 2.05. The number of hydrogen-bond donors (Lipinski definition) is 0. The van der Waals surface area contributed by atoms with E-state index in [0.29, 0.717) is 9.26 Å². The number of hydrogen-bond acceptors (Lipinski definition) is 5. The number of nitriles is 1. The average molecular weight is 331 g/mol. The standard InChI is InChI=1S/C10H10IN3O2/c1-3-16-9(15)10(2,5-12)8-7(11)4-13-6-14-8/h4,6H,3H2,1-2H3. The van der Waals surface area contributed by atoms with Crippen LogP contribution in [0.1, 0.15) is 19.5 Å². The maximum Gasteiger partial charge on any atom is 0.332 e. The highest BCUT2D eigenvalue weighted by Crippen LogP contribution is 2.26. The predicted octanol–water partition coefficient (Wildman–Crippen LogP) is 1.43. The summed E-state index contributed by atoms with van der Waals surface area (Å²) < 4.78 is 5.55. The summed E-state index contributed by atoms with van der Waals surface area (Å²) in [4.78, 5) is 19.5. The lowest BCUT2D eigenvalue weighted by molar-refractivity contribution is -0.147. The van der Waals surface area contributed by atoms with Gasteiger partial charge in [0.15, 0.2) is 5.41 Å². The van der Waals surface area contributed by atoms with Crippen LogP contribution in [0, 0.1) is 14.9 Å². The fourth-order valence-electron chi connectivity index (χ4n) is 1.15. The van der Waals surface area contributed by atoms with Gasteiger partial charge < -0.3 is 4.74 Å². The van der Waals surface area contributed by atoms with Crippen molar-refractivity contribution < 1.29 is 9.53 Å². The van der Waals surface area contributed by atoms with E-state index in [0.717, 1.165) is 0 Å². The van der Waals surface area contributed by atoms with E-state index >= 15 is 0 Å². The summed E-state index contributed by atoms with van der Waals surface area (Å²) >= 11 is 1.99. The molecule has 0 aliphatic carbocycles. The van der Waals surface area contributed by atoms with E-state index in [-0.39, 0.29) is 6.61 Å². The van der Waals surface area contributed by atoms with Crippen LogP contribution >= 0.6 is 22.6 Å². The Balaban J connectivity index is 3.21. The average Bonchev–Trinajstić information content (AvgIpc) is 2.29. The Labute approximate surface area is 107 Å². The molecule has 1 heterocycles. The monoisotopic (exact) mass is 331 g/mol. The third kappa shape index (κ3) is 2.29. The molecule has 0 N–H and O–H groups in total. The van der Waals surface area contributed by atoms with Gasteiger partial charge >= 0.3 is 5.97 Å². The van der Waals surface area contributed by atoms with Gasteiger partial charge in [-0.05, 0) is 36.4 Å². The number of aromatic nitrogens is 2. The smallest absolute Gasteiger partial charge is 0.332 e. The van der Waals surface area contributed by atoms with Crippen LogP contribution in [0.25, 0.3) is 0 Å². The minimum atomic E-state index is -1.38. The van der Waals surface area contributed by atoms with Crippen LogP contribution in [0.15, 0.2) is 12.5 Å². The SMILES string of the molecule is CCOC(=O)C(C)(C#N)c1ncncc1I. The molecule has 16 heavy (non-hydrogen) atoms. The number of esters is 1. The Bertz CT molecular complexity index is 444. The maximum atomic E-state index is 11.7. The van der Waals surface area contributed by atoms with E-state index < -0.39 is 11.4 Å². The molecule has 1 rings (SSSR count). The maximum absolute atomic E-state index is 11.7. The van der Waals surface area contributed by atoms with Crippen LogP contribution in [0.4, 0.5) is 0 Å². The zero-order valence-electron chi connectivity index (χ0n) is 8.90. The Morgan fingerprint density at radius 2 is 2.44 bits per heavy atom. The van der Waals surface area contributed by atoms with E-state index in [1.807, 2.05) is 28.7 Å². The summed E-state index contributed by atoms with van der Waals surface area (Å²) in [5.41, 5.74) is -1.00. The second-order valence-electron chi connectivity index (χ2n) is 3.18. The summed E-state index contributed by atoms with van der Waals surface area (Å²) in [6, 6.07) is 1.95. The first-order chi connectivity index (χ1) is 7.56. The summed E-state index contributed by atoms with van der Waals surface area (Å²) in [5.74, 6) is -0.589. The molecule has 0 saturated heterocycles. The summed E-state index contributed by atoms with van der Waals surface area (Å²) in [7, 11) is 0. The van der Waals surface area contributed by atoms with Gasteiger partial charge in [-0.15, -0.1) is 0 Å². The van der Waals surface area contributed by atoms with Crippen molar-refractivity contribution in [2.75, 3.05) is 6.61 Å². The fraction of sp³-hybridized carbons (Fsp3) is 0.400. The zero-order valence-corrected chi connectivity index (χ0v) is 11.1. The second-order valence-corrected chi connectivity index (χ2v) is 4.34. The quantitative estimate of drug-likeness (QED) is 0.619. The van der Waals surface area contributed by atoms with E-state index in [4.69, 9.17) is 10.00 Å². The van der Waals surface area contributed by atoms with Crippen molar-refractivity contribution in [2.24, 2.45) is 0 Å². The molecule has 1 aromatic rings. The lowest BCUT2D eigenvalue weighted by atomic mass is 9.88. The Kier molecular flexibility index (Phi) is 4.18. The summed E-state index contributed by atoms with van der Waals surface area (Å²) in [5, 5.41) is 9.15. The molecular weight excluding hydrogens is 321 g/mol. The van der Waals surface area contributed by atoms with Gasteiger partial charge in [0.1, 0.15) is 6.33 Å². The van der Waals surface area contributed by atoms with Gasteiger partial charge in [0.05, 0.1) is 21.9 Å². The normalized spacial score (nSPS) is 13.6. The fourth-order valence-corrected chi connectivity index (χ4v) is 1.99. The van der Waals surface area contributed by atoms with Crippen LogP contribution in [0.3, 0.4) is 0 Å². The van der Waals surface area contributed by atoms with Crippen LogP contribution in [-0.2, 0) is 14.9 Å². The van der Waals surface area contributed by atoms with Gasteiger partial charge in [0.25, 0.3) is 0 Å². The second kappa shape index (κ2) is 5.21. The highest BCUT2D eigenvalue weighted by Gasteiger charge is 2.40. The molecule has 1 unspecified atom stereocenters. The number of halogens is 1. The van der Waals surface area contributed by atoms with Gasteiger partial charge in [-0.25, -0.2) is 14.8 Å². The van der Waals surface area contributed by atoms with Crippen molar-refractivity contribution in [1.29, 1.82) is 5.26 Å². The largest absolute Gasteiger partial charge is 0.465 e. The molecule has 1 aromatic heterocycles. The molecule has 0 bridgehead atoms. The highest BCUT2D eigenvalue weighted by molar-refractivity contribution is 14.1. The van der Waals surface area contributed by atoms with Gasteiger partial charge in [-0.3, -0.25) is 0 Å². The lowest BCUT2D eigenvalue weighted by Gasteiger charge is -2.19. The molecule has 1 atom stereocenters. The van der Waals surface area contributed by atoms with Crippen molar-refractivity contribution in [2.45, 2.75) is 19.3 Å². The van der Waals surface area contributed by atoms with E-state index in [1.165, 1.54) is 13.3 Å². The molecule has 6 heteroatoms. The first kappa shape index (κ1) is 12.8. The van der Waals surface area contributed by atoms with E-state index in [1.54, 1.807) is 13.1 Å². The molecule has 0 fully saturated rings. The molecule has 5 nitrogen and oxygen atoms in total. The van der Waals surface area contributed by atoms with Gasteiger partial charge in [-0.1, -0.05) is 0 Å². The van der Waals surface area contributed by atoms with Crippen molar-refractivity contribution in [3.63, 3.8) is 0 Å². The third-order valence-corrected chi connectivity index (χ3v) is 2.84. The van der Waals surface area contributed by atoms with Crippen LogP contribution < -0.4 is 0 Å². The van der Waals surface area contributed by atoms with Crippen LogP contribution in [0.5, 0.6) is 0 Å². The first-order valence-corrected chi connectivity index (χ1v) is 5.68. The van der Waals surface area contributed by atoms with Crippen LogP contribution in [-0.4, -0.2) is 22.5 Å². The van der Waals surface area contributed by atoms with E-state index in [2.05, 4.69) is 9.97 Å². The predicted molar refractivity (Wildman–Crippen MR) is 64.3 cm³/mol. The van der Waals surface area contributed by atoms with Crippen LogP contribution in [0.2, 0.25) is 0 Å². The van der Waals surface area contributed by atoms with E-state index in [9.17, 15) is 4.79 Å². The number of carbonyl (C=O) groups is 1. The lowest BCUT2D eigenvalue weighted by Crippen LogP contribution is -2.34. The molecular formula is C10H10IN3O2. The van der Waals surface area contributed by atoms with Crippen molar-refractivity contribution in [3.8, 4) is 6.07 Å².